The zero-order chi connectivity index (χ0) is 12.0. The number of hydrogen-bond acceptors (Lipinski definition) is 3. The van der Waals surface area contributed by atoms with Gasteiger partial charge in [0.2, 0.25) is 0 Å². The third-order valence-electron chi connectivity index (χ3n) is 2.98. The molecule has 2 aromatic rings. The van der Waals surface area contributed by atoms with Crippen molar-refractivity contribution in [3.8, 4) is 0 Å². The summed E-state index contributed by atoms with van der Waals surface area (Å²) in [6.45, 7) is 0. The summed E-state index contributed by atoms with van der Waals surface area (Å²) in [5.41, 5.74) is 1.53. The summed E-state index contributed by atoms with van der Waals surface area (Å²) in [6.07, 6.45) is 4.15. The van der Waals surface area contributed by atoms with Crippen LogP contribution in [0, 0.1) is 0 Å². The molecule has 3 rings (SSSR count). The van der Waals surface area contributed by atoms with E-state index in [2.05, 4.69) is 20.9 Å². The Balaban J connectivity index is 2.19. The second-order valence-corrected chi connectivity index (χ2v) is 4.95. The lowest BCUT2D eigenvalue weighted by Crippen LogP contribution is -2.03. The van der Waals surface area contributed by atoms with E-state index in [1.165, 1.54) is 20.0 Å². The maximum absolute atomic E-state index is 11.5. The summed E-state index contributed by atoms with van der Waals surface area (Å²) in [5, 5.41) is 0. The molecule has 1 aliphatic carbocycles. The van der Waals surface area contributed by atoms with Gasteiger partial charge in [0.05, 0.1) is 18.2 Å². The number of carbonyl (C=O) groups is 1. The monoisotopic (exact) mass is 294 g/mol. The summed E-state index contributed by atoms with van der Waals surface area (Å²) >= 11 is 3.44. The smallest absolute Gasteiger partial charge is 0.339 e. The standard InChI is InChI=1S/C12H11BrN2O2/c1-17-12(16)8-4-5-9-10(13)14-11(7-2-3-7)15(9)6-8/h4-7H,2-3H2,1H3. The maximum atomic E-state index is 11.5. The maximum Gasteiger partial charge on any atom is 0.339 e. The highest BCUT2D eigenvalue weighted by atomic mass is 79.9. The van der Waals surface area contributed by atoms with Gasteiger partial charge in [-0.25, -0.2) is 9.78 Å². The number of ether oxygens (including phenoxy) is 1. The molecule has 4 nitrogen and oxygen atoms in total. The molecule has 0 unspecified atom stereocenters. The number of hydrogen-bond donors (Lipinski definition) is 0. The predicted octanol–water partition coefficient (Wildman–Crippen LogP) is 2.76. The van der Waals surface area contributed by atoms with E-state index in [0.29, 0.717) is 11.5 Å². The van der Waals surface area contributed by atoms with E-state index in [9.17, 15) is 4.79 Å². The van der Waals surface area contributed by atoms with Crippen LogP contribution in [0.3, 0.4) is 0 Å². The molecule has 0 amide bonds. The zero-order valence-electron chi connectivity index (χ0n) is 9.31. The molecule has 1 aliphatic rings. The molecule has 0 saturated heterocycles. The first-order valence-electron chi connectivity index (χ1n) is 5.46. The van der Waals surface area contributed by atoms with E-state index < -0.39 is 0 Å². The Morgan fingerprint density at radius 2 is 2.29 bits per heavy atom. The first-order chi connectivity index (χ1) is 8.20. The molecule has 2 heterocycles. The molecule has 1 saturated carbocycles. The lowest BCUT2D eigenvalue weighted by molar-refractivity contribution is 0.0600. The quantitative estimate of drug-likeness (QED) is 0.800. The van der Waals surface area contributed by atoms with Gasteiger partial charge in [0, 0.05) is 12.1 Å². The minimum atomic E-state index is -0.321. The average molecular weight is 295 g/mol. The van der Waals surface area contributed by atoms with E-state index >= 15 is 0 Å². The highest BCUT2D eigenvalue weighted by molar-refractivity contribution is 9.10. The lowest BCUT2D eigenvalue weighted by atomic mass is 10.2. The van der Waals surface area contributed by atoms with Crippen molar-refractivity contribution in [2.75, 3.05) is 7.11 Å². The third kappa shape index (κ3) is 1.74. The molecule has 0 N–H and O–H groups in total. The van der Waals surface area contributed by atoms with Crippen LogP contribution in [0.4, 0.5) is 0 Å². The SMILES string of the molecule is COC(=O)c1ccc2c(Br)nc(C3CC3)n2c1. The molecular formula is C12H11BrN2O2. The first-order valence-corrected chi connectivity index (χ1v) is 6.26. The van der Waals surface area contributed by atoms with Crippen LogP contribution in [0.5, 0.6) is 0 Å². The molecule has 0 spiro atoms. The predicted molar refractivity (Wildman–Crippen MR) is 66.2 cm³/mol. The molecule has 17 heavy (non-hydrogen) atoms. The Bertz CT molecular complexity index is 602. The van der Waals surface area contributed by atoms with E-state index in [1.807, 2.05) is 10.5 Å². The van der Waals surface area contributed by atoms with Crippen molar-refractivity contribution in [1.82, 2.24) is 9.38 Å². The fourth-order valence-electron chi connectivity index (χ4n) is 1.94. The molecule has 0 aromatic carbocycles. The number of rotatable bonds is 2. The fourth-order valence-corrected chi connectivity index (χ4v) is 2.44. The lowest BCUT2D eigenvalue weighted by Gasteiger charge is -2.02. The minimum absolute atomic E-state index is 0.321. The molecule has 1 fully saturated rings. The Kier molecular flexibility index (Phi) is 2.43. The van der Waals surface area contributed by atoms with Crippen LogP contribution < -0.4 is 0 Å². The summed E-state index contributed by atoms with van der Waals surface area (Å²) in [6, 6.07) is 3.64. The van der Waals surface area contributed by atoms with Crippen LogP contribution in [0.15, 0.2) is 22.9 Å². The van der Waals surface area contributed by atoms with Crippen LogP contribution in [0.1, 0.15) is 34.9 Å². The second kappa shape index (κ2) is 3.84. The van der Waals surface area contributed by atoms with Crippen molar-refractivity contribution in [3.63, 3.8) is 0 Å². The summed E-state index contributed by atoms with van der Waals surface area (Å²) in [5.74, 6) is 1.23. The topological polar surface area (TPSA) is 43.6 Å². The Hall–Kier alpha value is -1.36. The van der Waals surface area contributed by atoms with E-state index in [0.717, 1.165) is 15.9 Å². The van der Waals surface area contributed by atoms with Crippen LogP contribution in [0.25, 0.3) is 5.52 Å². The normalized spacial score (nSPS) is 15.2. The zero-order valence-corrected chi connectivity index (χ0v) is 10.9. The first kappa shape index (κ1) is 10.8. The molecule has 0 bridgehead atoms. The number of aromatic nitrogens is 2. The number of esters is 1. The van der Waals surface area contributed by atoms with Crippen LogP contribution in [0.2, 0.25) is 0 Å². The van der Waals surface area contributed by atoms with Gasteiger partial charge in [0.15, 0.2) is 0 Å². The molecule has 2 aromatic heterocycles. The molecule has 0 radical (unpaired) electrons. The van der Waals surface area contributed by atoms with E-state index in [-0.39, 0.29) is 5.97 Å². The summed E-state index contributed by atoms with van der Waals surface area (Å²) < 4.78 is 7.53. The van der Waals surface area contributed by atoms with Gasteiger partial charge in [-0.2, -0.15) is 0 Å². The third-order valence-corrected chi connectivity index (χ3v) is 3.57. The second-order valence-electron chi connectivity index (χ2n) is 4.20. The number of methoxy groups -OCH3 is 1. The molecule has 88 valence electrons. The van der Waals surface area contributed by atoms with Crippen molar-refractivity contribution >= 4 is 27.4 Å². The molecule has 0 aliphatic heterocycles. The van der Waals surface area contributed by atoms with Gasteiger partial charge >= 0.3 is 5.97 Å². The summed E-state index contributed by atoms with van der Waals surface area (Å²) in [4.78, 5) is 16.0. The van der Waals surface area contributed by atoms with Crippen molar-refractivity contribution in [2.24, 2.45) is 0 Å². The van der Waals surface area contributed by atoms with E-state index in [4.69, 9.17) is 4.74 Å². The van der Waals surface area contributed by atoms with E-state index in [1.54, 1.807) is 12.3 Å². The number of nitrogens with zero attached hydrogens (tertiary/aromatic N) is 2. The number of carbonyl (C=O) groups excluding carboxylic acids is 1. The van der Waals surface area contributed by atoms with Gasteiger partial charge in [-0.1, -0.05) is 0 Å². The van der Waals surface area contributed by atoms with Gasteiger partial charge in [0.1, 0.15) is 10.4 Å². The Morgan fingerprint density at radius 3 is 2.94 bits per heavy atom. The number of halogens is 1. The summed E-state index contributed by atoms with van der Waals surface area (Å²) in [7, 11) is 1.39. The van der Waals surface area contributed by atoms with Gasteiger partial charge in [-0.15, -0.1) is 0 Å². The minimum Gasteiger partial charge on any atom is -0.465 e. The number of fused-ring (bicyclic) bond motifs is 1. The molecular weight excluding hydrogens is 284 g/mol. The van der Waals surface area contributed by atoms with Gasteiger partial charge < -0.3 is 9.14 Å². The Morgan fingerprint density at radius 1 is 1.53 bits per heavy atom. The van der Waals surface area contributed by atoms with Gasteiger partial charge in [0.25, 0.3) is 0 Å². The highest BCUT2D eigenvalue weighted by Gasteiger charge is 2.29. The van der Waals surface area contributed by atoms with Gasteiger partial charge in [-0.3, -0.25) is 0 Å². The van der Waals surface area contributed by atoms with Crippen molar-refractivity contribution in [3.05, 3.63) is 34.3 Å². The van der Waals surface area contributed by atoms with Gasteiger partial charge in [-0.05, 0) is 40.9 Å². The largest absolute Gasteiger partial charge is 0.465 e. The fraction of sp³-hybridized carbons (Fsp3) is 0.333. The van der Waals surface area contributed by atoms with Crippen LogP contribution >= 0.6 is 15.9 Å². The van der Waals surface area contributed by atoms with Crippen LogP contribution in [-0.2, 0) is 4.74 Å². The average Bonchev–Trinajstić information content (AvgIpc) is 3.14. The molecule has 0 atom stereocenters. The number of pyridine rings is 1. The highest BCUT2D eigenvalue weighted by Crippen LogP contribution is 2.40. The van der Waals surface area contributed by atoms with Crippen molar-refractivity contribution in [1.29, 1.82) is 0 Å². The Labute approximate surface area is 107 Å². The molecule has 5 heteroatoms. The van der Waals surface area contributed by atoms with Crippen LogP contribution in [-0.4, -0.2) is 22.5 Å². The number of imidazole rings is 1. The van der Waals surface area contributed by atoms with Crippen molar-refractivity contribution in [2.45, 2.75) is 18.8 Å². The van der Waals surface area contributed by atoms with Crippen molar-refractivity contribution < 1.29 is 9.53 Å².